The molecule has 0 atom stereocenters. The molecule has 2 heterocycles. The largest absolute Gasteiger partial charge is 0.135 e. The van der Waals surface area contributed by atoms with Crippen molar-refractivity contribution in [3.8, 4) is 33.4 Å². The summed E-state index contributed by atoms with van der Waals surface area (Å²) in [5.74, 6) is 0. The number of benzene rings is 9. The van der Waals surface area contributed by atoms with Crippen LogP contribution in [0.5, 0.6) is 0 Å². The molecule has 2 heteroatoms. The molecule has 0 saturated heterocycles. The molecule has 50 heavy (non-hydrogen) atoms. The lowest BCUT2D eigenvalue weighted by Gasteiger charge is -2.18. The van der Waals surface area contributed by atoms with Gasteiger partial charge in [-0.3, -0.25) is 0 Å². The van der Waals surface area contributed by atoms with Crippen LogP contribution in [0.1, 0.15) is 0 Å². The van der Waals surface area contributed by atoms with Gasteiger partial charge in [0.15, 0.2) is 0 Å². The van der Waals surface area contributed by atoms with Gasteiger partial charge >= 0.3 is 0 Å². The zero-order chi connectivity index (χ0) is 32.8. The van der Waals surface area contributed by atoms with E-state index in [2.05, 4.69) is 170 Å². The summed E-state index contributed by atoms with van der Waals surface area (Å²) in [4.78, 5) is 0. The normalized spacial score (nSPS) is 12.0. The summed E-state index contributed by atoms with van der Waals surface area (Å²) in [6.07, 6.45) is 0. The highest BCUT2D eigenvalue weighted by molar-refractivity contribution is 7.29. The molecule has 0 N–H and O–H groups in total. The van der Waals surface area contributed by atoms with Crippen molar-refractivity contribution >= 4 is 95.3 Å². The van der Waals surface area contributed by atoms with Crippen molar-refractivity contribution in [2.24, 2.45) is 0 Å². The van der Waals surface area contributed by atoms with E-state index in [9.17, 15) is 0 Å². The maximum absolute atomic E-state index is 2.44. The van der Waals surface area contributed by atoms with Crippen LogP contribution in [0.2, 0.25) is 0 Å². The van der Waals surface area contributed by atoms with E-state index in [1.807, 2.05) is 22.7 Å². The van der Waals surface area contributed by atoms with Crippen molar-refractivity contribution in [1.29, 1.82) is 0 Å². The average Bonchev–Trinajstić information content (AvgIpc) is 3.74. The van der Waals surface area contributed by atoms with Gasteiger partial charge in [-0.2, -0.15) is 0 Å². The molecule has 0 unspecified atom stereocenters. The topological polar surface area (TPSA) is 0 Å². The standard InChI is InChI=1S/C48H28S2/c1-2-11-30-26-32(21-20-29(30)10-1)31-12-9-13-33(27-31)45-36-14-3-5-16-38(36)46(39-17-6-4-15-37(39)45)34-22-23-35-40-24-25-43-47(48(40)50-44(35)28-34)41-18-7-8-19-42(41)49-43/h1-28H. The lowest BCUT2D eigenvalue weighted by molar-refractivity contribution is 1.63. The Morgan fingerprint density at radius 2 is 0.860 bits per heavy atom. The van der Waals surface area contributed by atoms with Crippen LogP contribution in [0, 0.1) is 0 Å². The number of hydrogen-bond acceptors (Lipinski definition) is 2. The first-order valence-electron chi connectivity index (χ1n) is 17.1. The predicted molar refractivity (Wildman–Crippen MR) is 221 cm³/mol. The molecule has 0 fully saturated rings. The molecule has 232 valence electrons. The second kappa shape index (κ2) is 10.9. The Labute approximate surface area is 297 Å². The van der Waals surface area contributed by atoms with Crippen LogP contribution in [0.25, 0.3) is 106 Å². The van der Waals surface area contributed by atoms with Crippen LogP contribution >= 0.6 is 22.7 Å². The molecule has 0 amide bonds. The molecular weight excluding hydrogens is 641 g/mol. The van der Waals surface area contributed by atoms with Crippen LogP contribution in [0.3, 0.4) is 0 Å². The minimum atomic E-state index is 1.23. The maximum atomic E-state index is 2.44. The van der Waals surface area contributed by atoms with Gasteiger partial charge in [0, 0.05) is 40.3 Å². The van der Waals surface area contributed by atoms with Gasteiger partial charge in [-0.25, -0.2) is 0 Å². The second-order valence-electron chi connectivity index (χ2n) is 13.2. The maximum Gasteiger partial charge on any atom is 0.0448 e. The van der Waals surface area contributed by atoms with Gasteiger partial charge in [-0.15, -0.1) is 22.7 Å². The van der Waals surface area contributed by atoms with Crippen molar-refractivity contribution in [2.45, 2.75) is 0 Å². The monoisotopic (exact) mass is 668 g/mol. The molecule has 2 aromatic heterocycles. The zero-order valence-corrected chi connectivity index (χ0v) is 28.6. The van der Waals surface area contributed by atoms with Crippen LogP contribution in [0.4, 0.5) is 0 Å². The minimum Gasteiger partial charge on any atom is -0.135 e. The lowest BCUT2D eigenvalue weighted by atomic mass is 9.85. The summed E-state index contributed by atoms with van der Waals surface area (Å²) >= 11 is 3.83. The Bertz CT molecular complexity index is 3100. The fourth-order valence-corrected chi connectivity index (χ4v) is 10.7. The number of fused-ring (bicyclic) bond motifs is 10. The Balaban J connectivity index is 1.13. The van der Waals surface area contributed by atoms with Crippen molar-refractivity contribution in [2.75, 3.05) is 0 Å². The summed E-state index contributed by atoms with van der Waals surface area (Å²) in [7, 11) is 0. The van der Waals surface area contributed by atoms with Crippen molar-refractivity contribution in [3.63, 3.8) is 0 Å². The summed E-state index contributed by atoms with van der Waals surface area (Å²) in [5.41, 5.74) is 7.56. The lowest BCUT2D eigenvalue weighted by Crippen LogP contribution is -1.91. The highest BCUT2D eigenvalue weighted by Gasteiger charge is 2.19. The van der Waals surface area contributed by atoms with Gasteiger partial charge in [0.05, 0.1) is 0 Å². The summed E-state index contributed by atoms with van der Waals surface area (Å²) in [5, 5.41) is 13.1. The molecule has 0 nitrogen and oxygen atoms in total. The molecule has 0 aliphatic carbocycles. The molecule has 0 bridgehead atoms. The van der Waals surface area contributed by atoms with Gasteiger partial charge < -0.3 is 0 Å². The average molecular weight is 669 g/mol. The van der Waals surface area contributed by atoms with Crippen molar-refractivity contribution < 1.29 is 0 Å². The van der Waals surface area contributed by atoms with Crippen molar-refractivity contribution in [3.05, 3.63) is 170 Å². The Hall–Kier alpha value is -5.80. The van der Waals surface area contributed by atoms with Crippen LogP contribution in [-0.2, 0) is 0 Å². The first-order chi connectivity index (χ1) is 24.8. The first-order valence-corrected chi connectivity index (χ1v) is 18.7. The highest BCUT2D eigenvalue weighted by Crippen LogP contribution is 2.48. The Kier molecular flexibility index (Phi) is 6.09. The molecular formula is C48H28S2. The fraction of sp³-hybridized carbons (Fsp3) is 0. The number of thiophene rings is 2. The molecule has 9 aromatic carbocycles. The van der Waals surface area contributed by atoms with E-state index in [4.69, 9.17) is 0 Å². The second-order valence-corrected chi connectivity index (χ2v) is 15.3. The molecule has 0 aliphatic heterocycles. The summed E-state index contributed by atoms with van der Waals surface area (Å²) < 4.78 is 5.45. The van der Waals surface area contributed by atoms with E-state index in [0.717, 1.165) is 0 Å². The smallest absolute Gasteiger partial charge is 0.0448 e. The predicted octanol–water partition coefficient (Wildman–Crippen LogP) is 14.9. The summed E-state index contributed by atoms with van der Waals surface area (Å²) in [6, 6.07) is 63.1. The van der Waals surface area contributed by atoms with Gasteiger partial charge in [0.1, 0.15) is 0 Å². The van der Waals surface area contributed by atoms with E-state index in [-0.39, 0.29) is 0 Å². The first kappa shape index (κ1) is 28.1. The van der Waals surface area contributed by atoms with Gasteiger partial charge in [-0.05, 0) is 96.0 Å². The van der Waals surface area contributed by atoms with E-state index in [1.54, 1.807) is 0 Å². The third kappa shape index (κ3) is 4.16. The molecule has 0 radical (unpaired) electrons. The Morgan fingerprint density at radius 1 is 0.280 bits per heavy atom. The van der Waals surface area contributed by atoms with Gasteiger partial charge in [-0.1, -0.05) is 140 Å². The fourth-order valence-electron chi connectivity index (χ4n) is 8.17. The van der Waals surface area contributed by atoms with Crippen LogP contribution in [-0.4, -0.2) is 0 Å². The summed E-state index contributed by atoms with van der Waals surface area (Å²) in [6.45, 7) is 0. The van der Waals surface area contributed by atoms with Crippen molar-refractivity contribution in [1.82, 2.24) is 0 Å². The SMILES string of the molecule is c1cc(-c2ccc3ccccc3c2)cc(-c2c3ccccc3c(-c3ccc4c(c3)sc3c4ccc4sc5ccccc5c43)c3ccccc23)c1. The van der Waals surface area contributed by atoms with E-state index in [1.165, 1.54) is 106 Å². The zero-order valence-electron chi connectivity index (χ0n) is 27.0. The quantitative estimate of drug-likeness (QED) is 0.164. The van der Waals surface area contributed by atoms with Gasteiger partial charge in [0.25, 0.3) is 0 Å². The Morgan fingerprint density at radius 3 is 1.62 bits per heavy atom. The highest BCUT2D eigenvalue weighted by atomic mass is 32.1. The number of hydrogen-bond donors (Lipinski definition) is 0. The molecule has 0 saturated carbocycles. The number of rotatable bonds is 3. The van der Waals surface area contributed by atoms with Gasteiger partial charge in [0.2, 0.25) is 0 Å². The molecule has 0 spiro atoms. The molecule has 0 aliphatic rings. The molecule has 11 aromatic rings. The van der Waals surface area contributed by atoms with E-state index in [0.29, 0.717) is 0 Å². The van der Waals surface area contributed by atoms with E-state index < -0.39 is 0 Å². The van der Waals surface area contributed by atoms with Crippen LogP contribution in [0.15, 0.2) is 170 Å². The molecule has 11 rings (SSSR count). The third-order valence-electron chi connectivity index (χ3n) is 10.4. The van der Waals surface area contributed by atoms with E-state index >= 15 is 0 Å². The minimum absolute atomic E-state index is 1.23. The van der Waals surface area contributed by atoms with Crippen LogP contribution < -0.4 is 0 Å². The third-order valence-corrected chi connectivity index (χ3v) is 12.8.